The van der Waals surface area contributed by atoms with Crippen LogP contribution in [-0.4, -0.2) is 59.2 Å². The van der Waals surface area contributed by atoms with Gasteiger partial charge in [-0.1, -0.05) is 12.1 Å². The zero-order valence-corrected chi connectivity index (χ0v) is 17.4. The van der Waals surface area contributed by atoms with E-state index in [-0.39, 0.29) is 0 Å². The van der Waals surface area contributed by atoms with Crippen molar-refractivity contribution in [3.8, 4) is 11.5 Å². The van der Waals surface area contributed by atoms with E-state index in [0.717, 1.165) is 31.8 Å². The molecule has 0 bridgehead atoms. The molecule has 0 spiro atoms. The number of hydrogen-bond acceptors (Lipinski definition) is 4. The number of piperazine rings is 1. The number of nitrogens with zero attached hydrogens (tertiary/aromatic N) is 1. The number of rotatable bonds is 8. The van der Waals surface area contributed by atoms with E-state index in [4.69, 9.17) is 9.47 Å². The summed E-state index contributed by atoms with van der Waals surface area (Å²) in [4.78, 5) is 1.77. The minimum Gasteiger partial charge on any atom is -0.497 e. The van der Waals surface area contributed by atoms with Gasteiger partial charge in [0.05, 0.1) is 51.3 Å². The summed E-state index contributed by atoms with van der Waals surface area (Å²) in [5.74, 6) is 1.55. The third-order valence-electron chi connectivity index (χ3n) is 5.13. The van der Waals surface area contributed by atoms with E-state index in [0.29, 0.717) is 30.3 Å². The topological polar surface area (TPSA) is 60.3 Å². The third-order valence-corrected chi connectivity index (χ3v) is 7.04. The van der Waals surface area contributed by atoms with Crippen LogP contribution in [-0.2, 0) is 16.4 Å². The maximum absolute atomic E-state index is 12.9. The molecule has 0 aromatic heterocycles. The maximum atomic E-state index is 12.9. The predicted octanol–water partition coefficient (Wildman–Crippen LogP) is 1.23. The molecule has 152 valence electrons. The highest BCUT2D eigenvalue weighted by Gasteiger charge is 2.30. The molecule has 0 radical (unpaired) electrons. The Morgan fingerprint density at radius 1 is 0.964 bits per heavy atom. The number of sulfonamides is 1. The van der Waals surface area contributed by atoms with Gasteiger partial charge in [0.15, 0.2) is 0 Å². The van der Waals surface area contributed by atoms with Crippen molar-refractivity contribution in [3.05, 3.63) is 54.1 Å². The van der Waals surface area contributed by atoms with Crippen molar-refractivity contribution >= 4 is 10.0 Å². The molecule has 0 atom stereocenters. The lowest BCUT2D eigenvalue weighted by molar-refractivity contribution is -0.903. The summed E-state index contributed by atoms with van der Waals surface area (Å²) in [6.45, 7) is 6.22. The molecule has 0 unspecified atom stereocenters. The van der Waals surface area contributed by atoms with Crippen molar-refractivity contribution in [1.29, 1.82) is 0 Å². The van der Waals surface area contributed by atoms with Gasteiger partial charge < -0.3 is 14.4 Å². The van der Waals surface area contributed by atoms with Gasteiger partial charge >= 0.3 is 0 Å². The summed E-state index contributed by atoms with van der Waals surface area (Å²) in [5.41, 5.74) is 1.28. The van der Waals surface area contributed by atoms with Crippen molar-refractivity contribution in [2.45, 2.75) is 18.2 Å². The standard InChI is InChI=1S/C21H28N2O4S/c1-3-27-20-8-10-21(11-9-20)28(24,25)23-16-14-22(15-17-23)13-12-18-4-6-19(26-2)7-5-18/h4-11H,3,12-17H2,1-2H3/p+1. The molecule has 1 aliphatic rings. The normalized spacial score (nSPS) is 16.1. The Labute approximate surface area is 167 Å². The Bertz CT molecular complexity index is 843. The lowest BCUT2D eigenvalue weighted by Crippen LogP contribution is -3.15. The van der Waals surface area contributed by atoms with E-state index in [1.807, 2.05) is 19.1 Å². The van der Waals surface area contributed by atoms with Crippen molar-refractivity contribution in [3.63, 3.8) is 0 Å². The largest absolute Gasteiger partial charge is 0.497 e. The van der Waals surface area contributed by atoms with Crippen LogP contribution < -0.4 is 14.4 Å². The first-order valence-corrected chi connectivity index (χ1v) is 11.2. The van der Waals surface area contributed by atoms with Crippen LogP contribution in [0.2, 0.25) is 0 Å². The molecule has 1 N–H and O–H groups in total. The van der Waals surface area contributed by atoms with Gasteiger partial charge in [-0.15, -0.1) is 0 Å². The second kappa shape index (κ2) is 9.41. The molecule has 7 heteroatoms. The molecule has 3 rings (SSSR count). The molecule has 28 heavy (non-hydrogen) atoms. The fraction of sp³-hybridized carbons (Fsp3) is 0.429. The molecule has 1 fully saturated rings. The highest BCUT2D eigenvalue weighted by atomic mass is 32.2. The van der Waals surface area contributed by atoms with E-state index in [9.17, 15) is 8.42 Å². The van der Waals surface area contributed by atoms with Crippen molar-refractivity contribution in [1.82, 2.24) is 4.31 Å². The fourth-order valence-corrected chi connectivity index (χ4v) is 4.87. The van der Waals surface area contributed by atoms with Gasteiger partial charge in [-0.2, -0.15) is 4.31 Å². The summed E-state index contributed by atoms with van der Waals surface area (Å²) >= 11 is 0. The summed E-state index contributed by atoms with van der Waals surface area (Å²) < 4.78 is 37.9. The number of quaternary nitrogens is 1. The smallest absolute Gasteiger partial charge is 0.243 e. The van der Waals surface area contributed by atoms with Crippen LogP contribution in [0.15, 0.2) is 53.4 Å². The van der Waals surface area contributed by atoms with Crippen LogP contribution in [0.25, 0.3) is 0 Å². The number of ether oxygens (including phenoxy) is 2. The van der Waals surface area contributed by atoms with Gasteiger partial charge in [0.25, 0.3) is 0 Å². The Kier molecular flexibility index (Phi) is 6.93. The summed E-state index contributed by atoms with van der Waals surface area (Å²) in [5, 5.41) is 0. The van der Waals surface area contributed by atoms with E-state index in [1.165, 1.54) is 10.5 Å². The van der Waals surface area contributed by atoms with Gasteiger partial charge in [-0.05, 0) is 48.9 Å². The maximum Gasteiger partial charge on any atom is 0.243 e. The molecule has 1 heterocycles. The Hall–Kier alpha value is -2.09. The van der Waals surface area contributed by atoms with Crippen LogP contribution in [0.1, 0.15) is 12.5 Å². The van der Waals surface area contributed by atoms with Crippen LogP contribution >= 0.6 is 0 Å². The van der Waals surface area contributed by atoms with Gasteiger partial charge in [-0.3, -0.25) is 0 Å². The molecule has 6 nitrogen and oxygen atoms in total. The summed E-state index contributed by atoms with van der Waals surface area (Å²) in [6.07, 6.45) is 0.977. The number of benzene rings is 2. The van der Waals surface area contributed by atoms with Crippen LogP contribution in [0.3, 0.4) is 0 Å². The first kappa shape index (κ1) is 20.6. The first-order valence-electron chi connectivity index (χ1n) is 9.72. The molecule has 2 aromatic rings. The monoisotopic (exact) mass is 405 g/mol. The number of methoxy groups -OCH3 is 1. The number of hydrogen-bond donors (Lipinski definition) is 1. The van der Waals surface area contributed by atoms with Crippen molar-refractivity contribution in [2.75, 3.05) is 46.4 Å². The molecular formula is C21H29N2O4S+. The average molecular weight is 406 g/mol. The van der Waals surface area contributed by atoms with E-state index in [2.05, 4.69) is 12.1 Å². The van der Waals surface area contributed by atoms with Crippen LogP contribution in [0, 0.1) is 0 Å². The third kappa shape index (κ3) is 5.04. The molecule has 1 aliphatic heterocycles. The van der Waals surface area contributed by atoms with Gasteiger partial charge in [0.1, 0.15) is 11.5 Å². The molecule has 2 aromatic carbocycles. The quantitative estimate of drug-likeness (QED) is 0.718. The Balaban J connectivity index is 1.52. The molecule has 0 aliphatic carbocycles. The lowest BCUT2D eigenvalue weighted by atomic mass is 10.1. The lowest BCUT2D eigenvalue weighted by Gasteiger charge is -2.31. The minimum absolute atomic E-state index is 0.331. The fourth-order valence-electron chi connectivity index (χ4n) is 3.43. The van der Waals surface area contributed by atoms with E-state index in [1.54, 1.807) is 35.7 Å². The second-order valence-electron chi connectivity index (χ2n) is 6.91. The number of nitrogens with one attached hydrogen (secondary N) is 1. The second-order valence-corrected chi connectivity index (χ2v) is 8.84. The summed E-state index contributed by atoms with van der Waals surface area (Å²) in [7, 11) is -1.77. The van der Waals surface area contributed by atoms with Gasteiger partial charge in [0, 0.05) is 6.42 Å². The SMILES string of the molecule is CCOc1ccc(S(=O)(=O)N2CC[NH+](CCc3ccc(OC)cc3)CC2)cc1. The van der Waals surface area contributed by atoms with E-state index >= 15 is 0 Å². The predicted molar refractivity (Wildman–Crippen MR) is 109 cm³/mol. The summed E-state index contributed by atoms with van der Waals surface area (Å²) in [6, 6.07) is 14.8. The molecule has 0 saturated carbocycles. The zero-order chi connectivity index (χ0) is 20.0. The minimum atomic E-state index is -3.44. The van der Waals surface area contributed by atoms with Gasteiger partial charge in [0.2, 0.25) is 10.0 Å². The van der Waals surface area contributed by atoms with Crippen LogP contribution in [0.5, 0.6) is 11.5 Å². The highest BCUT2D eigenvalue weighted by Crippen LogP contribution is 2.19. The van der Waals surface area contributed by atoms with Crippen LogP contribution in [0.4, 0.5) is 0 Å². The molecule has 1 saturated heterocycles. The van der Waals surface area contributed by atoms with Crippen molar-refractivity contribution in [2.24, 2.45) is 0 Å². The zero-order valence-electron chi connectivity index (χ0n) is 16.6. The van der Waals surface area contributed by atoms with Gasteiger partial charge in [-0.25, -0.2) is 8.42 Å². The first-order chi connectivity index (χ1) is 13.5. The highest BCUT2D eigenvalue weighted by molar-refractivity contribution is 7.89. The average Bonchev–Trinajstić information content (AvgIpc) is 2.73. The molecule has 0 amide bonds. The van der Waals surface area contributed by atoms with Crippen molar-refractivity contribution < 1.29 is 22.8 Å². The van der Waals surface area contributed by atoms with E-state index < -0.39 is 10.0 Å². The molecular weight excluding hydrogens is 376 g/mol. The Morgan fingerprint density at radius 2 is 1.57 bits per heavy atom. The Morgan fingerprint density at radius 3 is 2.14 bits per heavy atom.